The fourth-order valence-corrected chi connectivity index (χ4v) is 10.7. The van der Waals surface area contributed by atoms with Crippen LogP contribution in [0.4, 0.5) is 20.4 Å². The number of nitrogens with zero attached hydrogens (tertiary/aromatic N) is 3. The Morgan fingerprint density at radius 3 is 2.30 bits per heavy atom. The third kappa shape index (κ3) is 5.57. The van der Waals surface area contributed by atoms with Crippen molar-refractivity contribution in [1.82, 2.24) is 15.0 Å². The number of thiazole rings is 1. The predicted octanol–water partition coefficient (Wildman–Crippen LogP) is 6.47. The van der Waals surface area contributed by atoms with E-state index in [9.17, 15) is 21.2 Å². The summed E-state index contributed by atoms with van der Waals surface area (Å²) in [4.78, 5) is 14.2. The SMILES string of the molecule is Cc1cccc(F)c1S(=O)(=O)Nc1cccc(-c2nc(C34CC(C3)C4)sc2-c2ccnc(N[C@H]3CC[C@H](S(C)(=O)=O)CC3)n2)c1F. The highest BCUT2D eigenvalue weighted by Crippen LogP contribution is 2.66. The Balaban J connectivity index is 1.22. The first-order chi connectivity index (χ1) is 21.8. The average Bonchev–Trinajstić information content (AvgIpc) is 3.37. The van der Waals surface area contributed by atoms with Gasteiger partial charge in [-0.1, -0.05) is 18.2 Å². The lowest BCUT2D eigenvalue weighted by Gasteiger charge is -2.60. The number of benzene rings is 2. The molecule has 4 fully saturated rings. The molecule has 46 heavy (non-hydrogen) atoms. The molecule has 2 heterocycles. The Morgan fingerprint density at radius 1 is 0.935 bits per heavy atom. The van der Waals surface area contributed by atoms with E-state index in [1.807, 2.05) is 0 Å². The van der Waals surface area contributed by atoms with E-state index in [0.29, 0.717) is 53.8 Å². The molecule has 4 aromatic rings. The normalized spacial score (nSPS) is 24.1. The van der Waals surface area contributed by atoms with Crippen molar-refractivity contribution in [3.05, 3.63) is 70.9 Å². The molecule has 9 nitrogen and oxygen atoms in total. The van der Waals surface area contributed by atoms with Gasteiger partial charge in [0.05, 0.1) is 27.2 Å². The number of anilines is 2. The number of rotatable bonds is 9. The molecular weight excluding hydrogens is 653 g/mol. The van der Waals surface area contributed by atoms with Crippen LogP contribution in [0, 0.1) is 24.5 Å². The third-order valence-corrected chi connectivity index (χ3v) is 14.1. The summed E-state index contributed by atoms with van der Waals surface area (Å²) in [6.45, 7) is 1.48. The van der Waals surface area contributed by atoms with E-state index in [-0.39, 0.29) is 33.5 Å². The third-order valence-electron chi connectivity index (χ3n) is 9.55. The van der Waals surface area contributed by atoms with E-state index in [4.69, 9.17) is 9.97 Å². The Labute approximate surface area is 270 Å². The number of sulfone groups is 1. The van der Waals surface area contributed by atoms with E-state index in [1.54, 1.807) is 18.3 Å². The molecule has 4 aliphatic rings. The lowest BCUT2D eigenvalue weighted by atomic mass is 9.45. The van der Waals surface area contributed by atoms with Crippen LogP contribution in [-0.4, -0.2) is 49.3 Å². The summed E-state index contributed by atoms with van der Waals surface area (Å²) in [5, 5.41) is 3.91. The van der Waals surface area contributed by atoms with Crippen molar-refractivity contribution in [1.29, 1.82) is 0 Å². The van der Waals surface area contributed by atoms with Crippen LogP contribution >= 0.6 is 11.3 Å². The second kappa shape index (κ2) is 11.3. The molecule has 2 N–H and O–H groups in total. The monoisotopic (exact) mass is 685 g/mol. The summed E-state index contributed by atoms with van der Waals surface area (Å²) in [5.74, 6) is -0.676. The number of hydrogen-bond donors (Lipinski definition) is 2. The molecular formula is C32H33F2N5O4S3. The first-order valence-corrected chi connectivity index (χ1v) is 19.5. The van der Waals surface area contributed by atoms with Crippen molar-refractivity contribution in [3.63, 3.8) is 0 Å². The maximum absolute atomic E-state index is 16.3. The molecule has 8 rings (SSSR count). The highest BCUT2D eigenvalue weighted by molar-refractivity contribution is 7.92. The topological polar surface area (TPSA) is 131 Å². The van der Waals surface area contributed by atoms with Gasteiger partial charge in [-0.25, -0.2) is 40.6 Å². The molecule has 2 aromatic carbocycles. The highest BCUT2D eigenvalue weighted by Gasteiger charge is 2.59. The molecule has 0 atom stereocenters. The van der Waals surface area contributed by atoms with Crippen LogP contribution in [0.25, 0.3) is 21.8 Å². The number of hydrogen-bond acceptors (Lipinski definition) is 9. The lowest BCUT2D eigenvalue weighted by Crippen LogP contribution is -2.55. The van der Waals surface area contributed by atoms with E-state index >= 15 is 4.39 Å². The van der Waals surface area contributed by atoms with Crippen LogP contribution in [0.15, 0.2) is 53.6 Å². The first kappa shape index (κ1) is 31.1. The fraction of sp³-hybridized carbons (Fsp3) is 0.406. The van der Waals surface area contributed by atoms with Crippen molar-refractivity contribution in [2.24, 2.45) is 5.92 Å². The van der Waals surface area contributed by atoms with Crippen molar-refractivity contribution >= 4 is 42.8 Å². The van der Waals surface area contributed by atoms with Crippen molar-refractivity contribution in [2.75, 3.05) is 16.3 Å². The van der Waals surface area contributed by atoms with Crippen molar-refractivity contribution in [3.8, 4) is 21.8 Å². The minimum absolute atomic E-state index is 0.0192. The van der Waals surface area contributed by atoms with Crippen LogP contribution in [-0.2, 0) is 25.3 Å². The minimum Gasteiger partial charge on any atom is -0.351 e. The summed E-state index contributed by atoms with van der Waals surface area (Å²) in [6.07, 6.45) is 8.49. The second-order valence-corrected chi connectivity index (χ2v) is 17.8. The lowest BCUT2D eigenvalue weighted by molar-refractivity contribution is -0.0274. The Hall–Kier alpha value is -3.49. The van der Waals surface area contributed by atoms with Crippen LogP contribution in [0.3, 0.4) is 0 Å². The first-order valence-electron chi connectivity index (χ1n) is 15.2. The van der Waals surface area contributed by atoms with Crippen molar-refractivity contribution < 1.29 is 25.6 Å². The number of aryl methyl sites for hydroxylation is 1. The van der Waals surface area contributed by atoms with Gasteiger partial charge in [0.1, 0.15) is 25.6 Å². The molecule has 2 aromatic heterocycles. The molecule has 4 aliphatic carbocycles. The van der Waals surface area contributed by atoms with Gasteiger partial charge in [-0.05, 0) is 87.6 Å². The number of halogens is 2. The van der Waals surface area contributed by atoms with E-state index in [2.05, 4.69) is 15.0 Å². The van der Waals surface area contributed by atoms with Gasteiger partial charge in [-0.3, -0.25) is 4.72 Å². The molecule has 0 radical (unpaired) electrons. The van der Waals surface area contributed by atoms with E-state index in [1.165, 1.54) is 48.8 Å². The summed E-state index contributed by atoms with van der Waals surface area (Å²) < 4.78 is 83.5. The second-order valence-electron chi connectivity index (χ2n) is 12.8. The molecule has 0 saturated heterocycles. The van der Waals surface area contributed by atoms with Gasteiger partial charge < -0.3 is 5.32 Å². The molecule has 0 spiro atoms. The van der Waals surface area contributed by atoms with Crippen LogP contribution in [0.2, 0.25) is 0 Å². The quantitative estimate of drug-likeness (QED) is 0.205. The Bertz CT molecular complexity index is 2020. The standard InChI is InChI=1S/C32H33F2N5O4S3/c1-18-5-3-7-23(33)29(18)46(42,43)39-24-8-4-6-22(26(24)34)27-28(44-30(38-27)32-15-19(16-32)17-32)25-13-14-35-31(37-25)36-20-9-11-21(12-10-20)45(2,40)41/h3-8,13-14,19-21,39H,9-12,15-17H2,1-2H3,(H,35,36,37)/t19?,20-,21-,32?. The Kier molecular flexibility index (Phi) is 7.67. The molecule has 242 valence electrons. The number of aromatic nitrogens is 3. The number of nitrogens with one attached hydrogen (secondary N) is 2. The van der Waals surface area contributed by atoms with Gasteiger partial charge >= 0.3 is 0 Å². The minimum atomic E-state index is -4.44. The van der Waals surface area contributed by atoms with Gasteiger partial charge in [-0.2, -0.15) is 0 Å². The Morgan fingerprint density at radius 2 is 1.65 bits per heavy atom. The smallest absolute Gasteiger partial charge is 0.265 e. The molecule has 0 unspecified atom stereocenters. The summed E-state index contributed by atoms with van der Waals surface area (Å²) in [5.41, 5.74) is 0.851. The van der Waals surface area contributed by atoms with Gasteiger partial charge in [0.15, 0.2) is 5.82 Å². The van der Waals surface area contributed by atoms with Crippen LogP contribution in [0.1, 0.15) is 55.5 Å². The largest absolute Gasteiger partial charge is 0.351 e. The average molecular weight is 686 g/mol. The number of sulfonamides is 1. The molecule has 0 aliphatic heterocycles. The molecule has 2 bridgehead atoms. The van der Waals surface area contributed by atoms with Crippen LogP contribution in [0.5, 0.6) is 0 Å². The summed E-state index contributed by atoms with van der Waals surface area (Å²) in [6, 6.07) is 10.1. The van der Waals surface area contributed by atoms with Crippen LogP contribution < -0.4 is 10.0 Å². The highest BCUT2D eigenvalue weighted by atomic mass is 32.2. The zero-order chi connectivity index (χ0) is 32.4. The molecule has 0 amide bonds. The molecule has 4 saturated carbocycles. The predicted molar refractivity (Wildman–Crippen MR) is 174 cm³/mol. The summed E-state index contributed by atoms with van der Waals surface area (Å²) >= 11 is 1.46. The summed E-state index contributed by atoms with van der Waals surface area (Å²) in [7, 11) is -7.53. The van der Waals surface area contributed by atoms with E-state index in [0.717, 1.165) is 30.3 Å². The van der Waals surface area contributed by atoms with Gasteiger partial charge in [-0.15, -0.1) is 11.3 Å². The zero-order valence-electron chi connectivity index (χ0n) is 25.3. The van der Waals surface area contributed by atoms with Gasteiger partial charge in [0.2, 0.25) is 5.95 Å². The maximum Gasteiger partial charge on any atom is 0.265 e. The fourth-order valence-electron chi connectivity index (χ4n) is 6.96. The van der Waals surface area contributed by atoms with Gasteiger partial charge in [0.25, 0.3) is 10.0 Å². The van der Waals surface area contributed by atoms with Gasteiger partial charge in [0, 0.05) is 29.5 Å². The zero-order valence-corrected chi connectivity index (χ0v) is 27.7. The van der Waals surface area contributed by atoms with Crippen molar-refractivity contribution in [2.45, 2.75) is 73.5 Å². The van der Waals surface area contributed by atoms with E-state index < -0.39 is 36.4 Å². The molecule has 14 heteroatoms. The maximum atomic E-state index is 16.3.